The Balaban J connectivity index is 1.52. The molecule has 1 aliphatic rings. The Morgan fingerprint density at radius 1 is 1.00 bits per heavy atom. The van der Waals surface area contributed by atoms with Crippen LogP contribution in [0, 0.1) is 0 Å². The van der Waals surface area contributed by atoms with Crippen molar-refractivity contribution in [2.24, 2.45) is 0 Å². The Morgan fingerprint density at radius 3 is 2.50 bits per heavy atom. The van der Waals surface area contributed by atoms with Crippen molar-refractivity contribution in [3.8, 4) is 0 Å². The number of carbonyl (C=O) groups excluding carboxylic acids is 2. The summed E-state index contributed by atoms with van der Waals surface area (Å²) in [6, 6.07) is 15.1. The van der Waals surface area contributed by atoms with Crippen LogP contribution in [0.4, 0.5) is 5.69 Å². The Bertz CT molecular complexity index is 805. The minimum Gasteiger partial charge on any atom is -0.376 e. The number of hydrogen-bond acceptors (Lipinski definition) is 3. The fourth-order valence-electron chi connectivity index (χ4n) is 3.36. The summed E-state index contributed by atoms with van der Waals surface area (Å²) in [5.41, 5.74) is 2.17. The summed E-state index contributed by atoms with van der Waals surface area (Å²) < 4.78 is 0. The van der Waals surface area contributed by atoms with Crippen LogP contribution in [0.25, 0.3) is 0 Å². The van der Waals surface area contributed by atoms with Crippen molar-refractivity contribution in [2.45, 2.75) is 44.7 Å². The lowest BCUT2D eigenvalue weighted by molar-refractivity contribution is -0.119. The highest BCUT2D eigenvalue weighted by molar-refractivity contribution is 6.34. The molecule has 1 fully saturated rings. The highest BCUT2D eigenvalue weighted by atomic mass is 35.5. The van der Waals surface area contributed by atoms with Gasteiger partial charge in [-0.2, -0.15) is 0 Å². The Morgan fingerprint density at radius 2 is 1.75 bits per heavy atom. The molecule has 3 rings (SSSR count). The lowest BCUT2D eigenvalue weighted by atomic mass is 9.95. The van der Waals surface area contributed by atoms with Crippen LogP contribution in [0.3, 0.4) is 0 Å². The fourth-order valence-corrected chi connectivity index (χ4v) is 3.56. The third-order valence-corrected chi connectivity index (χ3v) is 5.27. The van der Waals surface area contributed by atoms with E-state index in [1.165, 1.54) is 6.42 Å². The first-order valence-corrected chi connectivity index (χ1v) is 10.1. The molecule has 0 atom stereocenters. The maximum atomic E-state index is 12.6. The lowest BCUT2D eigenvalue weighted by Gasteiger charge is -2.23. The van der Waals surface area contributed by atoms with Crippen molar-refractivity contribution < 1.29 is 9.59 Å². The predicted octanol–water partition coefficient (Wildman–Crippen LogP) is 4.13. The summed E-state index contributed by atoms with van der Waals surface area (Å²) in [4.78, 5) is 24.6. The van der Waals surface area contributed by atoms with Crippen LogP contribution in [0.1, 0.15) is 48.0 Å². The van der Waals surface area contributed by atoms with Gasteiger partial charge in [0.25, 0.3) is 5.91 Å². The van der Waals surface area contributed by atoms with Gasteiger partial charge in [0.05, 0.1) is 17.1 Å². The zero-order chi connectivity index (χ0) is 19.8. The molecule has 0 aliphatic heterocycles. The maximum Gasteiger partial charge on any atom is 0.253 e. The zero-order valence-corrected chi connectivity index (χ0v) is 16.6. The van der Waals surface area contributed by atoms with Crippen molar-refractivity contribution in [1.82, 2.24) is 10.6 Å². The standard InChI is InChI=1S/C22H26ClN3O2/c23-20-12-11-18(13-19(20)22(28)26-17-9-5-2-6-10-17)24-15-21(27)25-14-16-7-3-1-4-8-16/h1,3-4,7-8,11-13,17,24H,2,5-6,9-10,14-15H2,(H,25,27)(H,26,28). The highest BCUT2D eigenvalue weighted by Gasteiger charge is 2.18. The molecule has 2 aromatic rings. The third kappa shape index (κ3) is 5.99. The van der Waals surface area contributed by atoms with Gasteiger partial charge in [-0.3, -0.25) is 9.59 Å². The Kier molecular flexibility index (Phi) is 7.31. The van der Waals surface area contributed by atoms with E-state index < -0.39 is 0 Å². The average molecular weight is 400 g/mol. The molecule has 1 saturated carbocycles. The molecule has 0 radical (unpaired) electrons. The summed E-state index contributed by atoms with van der Waals surface area (Å²) in [6.45, 7) is 0.606. The van der Waals surface area contributed by atoms with Gasteiger partial charge in [0.15, 0.2) is 0 Å². The molecule has 2 amide bonds. The molecule has 1 aliphatic carbocycles. The number of carbonyl (C=O) groups is 2. The minimum absolute atomic E-state index is 0.119. The molecule has 6 heteroatoms. The second kappa shape index (κ2) is 10.1. The van der Waals surface area contributed by atoms with Crippen molar-refractivity contribution in [3.05, 3.63) is 64.7 Å². The van der Waals surface area contributed by atoms with Crippen LogP contribution >= 0.6 is 11.6 Å². The van der Waals surface area contributed by atoms with E-state index in [1.54, 1.807) is 18.2 Å². The van der Waals surface area contributed by atoms with Gasteiger partial charge in [-0.05, 0) is 36.6 Å². The quantitative estimate of drug-likeness (QED) is 0.655. The summed E-state index contributed by atoms with van der Waals surface area (Å²) in [7, 11) is 0. The van der Waals surface area contributed by atoms with Gasteiger partial charge >= 0.3 is 0 Å². The molecule has 0 bridgehead atoms. The monoisotopic (exact) mass is 399 g/mol. The van der Waals surface area contributed by atoms with Crippen LogP contribution < -0.4 is 16.0 Å². The van der Waals surface area contributed by atoms with E-state index in [9.17, 15) is 9.59 Å². The van der Waals surface area contributed by atoms with E-state index >= 15 is 0 Å². The Hall–Kier alpha value is -2.53. The summed E-state index contributed by atoms with van der Waals surface area (Å²) >= 11 is 6.22. The van der Waals surface area contributed by atoms with Gasteiger partial charge in [-0.25, -0.2) is 0 Å². The fraction of sp³-hybridized carbons (Fsp3) is 0.364. The van der Waals surface area contributed by atoms with Gasteiger partial charge in [0.2, 0.25) is 5.91 Å². The smallest absolute Gasteiger partial charge is 0.253 e. The summed E-state index contributed by atoms with van der Waals surface area (Å²) in [5.74, 6) is -0.277. The number of halogens is 1. The van der Waals surface area contributed by atoms with E-state index in [4.69, 9.17) is 11.6 Å². The number of anilines is 1. The SMILES string of the molecule is O=C(CNc1ccc(Cl)c(C(=O)NC2CCCCC2)c1)NCc1ccccc1. The van der Waals surface area contributed by atoms with Crippen LogP contribution in [-0.4, -0.2) is 24.4 Å². The highest BCUT2D eigenvalue weighted by Crippen LogP contribution is 2.22. The Labute approximate surface area is 170 Å². The molecule has 0 aromatic heterocycles. The molecule has 0 saturated heterocycles. The molecular formula is C22H26ClN3O2. The number of amides is 2. The number of benzene rings is 2. The van der Waals surface area contributed by atoms with E-state index in [2.05, 4.69) is 16.0 Å². The molecule has 148 valence electrons. The van der Waals surface area contributed by atoms with E-state index in [1.807, 2.05) is 30.3 Å². The first kappa shape index (κ1) is 20.2. The minimum atomic E-state index is -0.158. The molecular weight excluding hydrogens is 374 g/mol. The summed E-state index contributed by atoms with van der Waals surface area (Å²) in [6.07, 6.45) is 5.57. The van der Waals surface area contributed by atoms with Crippen LogP contribution in [0.2, 0.25) is 5.02 Å². The second-order valence-electron chi connectivity index (χ2n) is 7.12. The lowest BCUT2D eigenvalue weighted by Crippen LogP contribution is -2.36. The largest absolute Gasteiger partial charge is 0.376 e. The van der Waals surface area contributed by atoms with Crippen molar-refractivity contribution in [2.75, 3.05) is 11.9 Å². The first-order valence-electron chi connectivity index (χ1n) is 9.77. The number of rotatable bonds is 7. The molecule has 0 unspecified atom stereocenters. The van der Waals surface area contributed by atoms with Crippen LogP contribution in [0.5, 0.6) is 0 Å². The van der Waals surface area contributed by atoms with Crippen LogP contribution in [-0.2, 0) is 11.3 Å². The van der Waals surface area contributed by atoms with Gasteiger partial charge < -0.3 is 16.0 Å². The van der Waals surface area contributed by atoms with Crippen LogP contribution in [0.15, 0.2) is 48.5 Å². The predicted molar refractivity (Wildman–Crippen MR) is 113 cm³/mol. The van der Waals surface area contributed by atoms with Crippen molar-refractivity contribution in [3.63, 3.8) is 0 Å². The second-order valence-corrected chi connectivity index (χ2v) is 7.53. The van der Waals surface area contributed by atoms with Gasteiger partial charge in [0, 0.05) is 18.3 Å². The van der Waals surface area contributed by atoms with Gasteiger partial charge in [-0.1, -0.05) is 61.2 Å². The zero-order valence-electron chi connectivity index (χ0n) is 15.8. The van der Waals surface area contributed by atoms with Gasteiger partial charge in [-0.15, -0.1) is 0 Å². The third-order valence-electron chi connectivity index (χ3n) is 4.94. The van der Waals surface area contributed by atoms with E-state index in [0.717, 1.165) is 31.2 Å². The van der Waals surface area contributed by atoms with E-state index in [0.29, 0.717) is 22.8 Å². The molecule has 2 aromatic carbocycles. The summed E-state index contributed by atoms with van der Waals surface area (Å²) in [5, 5.41) is 9.41. The molecule has 3 N–H and O–H groups in total. The molecule has 28 heavy (non-hydrogen) atoms. The number of nitrogens with one attached hydrogen (secondary N) is 3. The van der Waals surface area contributed by atoms with Gasteiger partial charge in [0.1, 0.15) is 0 Å². The van der Waals surface area contributed by atoms with Crippen molar-refractivity contribution >= 4 is 29.1 Å². The topological polar surface area (TPSA) is 70.2 Å². The molecule has 5 nitrogen and oxygen atoms in total. The molecule has 0 spiro atoms. The molecule has 0 heterocycles. The average Bonchev–Trinajstić information content (AvgIpc) is 2.73. The maximum absolute atomic E-state index is 12.6. The normalized spacial score (nSPS) is 14.3. The number of hydrogen-bond donors (Lipinski definition) is 3. The van der Waals surface area contributed by atoms with Crippen molar-refractivity contribution in [1.29, 1.82) is 0 Å². The first-order chi connectivity index (χ1) is 13.6. The van der Waals surface area contributed by atoms with E-state index in [-0.39, 0.29) is 24.4 Å².